The van der Waals surface area contributed by atoms with Crippen molar-refractivity contribution < 1.29 is 13.3 Å². The Labute approximate surface area is 640 Å². The van der Waals surface area contributed by atoms with Gasteiger partial charge in [0, 0.05) is 82.9 Å². The maximum Gasteiger partial charge on any atom is 0.252 e. The minimum absolute atomic E-state index is 0.268. The highest BCUT2D eigenvalue weighted by atomic mass is 16.3. The smallest absolute Gasteiger partial charge is 0.252 e. The Morgan fingerprint density at radius 2 is 0.555 bits per heavy atom. The summed E-state index contributed by atoms with van der Waals surface area (Å²) in [4.78, 5) is 5.36. The fraction of sp³-hybridized carbons (Fsp3) is 0.0769. The van der Waals surface area contributed by atoms with Gasteiger partial charge in [-0.15, -0.1) is 0 Å². The van der Waals surface area contributed by atoms with Gasteiger partial charge < -0.3 is 23.1 Å². The summed E-state index contributed by atoms with van der Waals surface area (Å²) in [6, 6.07) is 128. The highest BCUT2D eigenvalue weighted by Crippen LogP contribution is 2.57. The second-order valence-electron chi connectivity index (χ2n) is 31.9. The van der Waals surface area contributed by atoms with Crippen molar-refractivity contribution in [1.82, 2.24) is 0 Å². The van der Waals surface area contributed by atoms with E-state index in [1.165, 1.54) is 11.1 Å². The van der Waals surface area contributed by atoms with Crippen molar-refractivity contribution >= 4 is 123 Å². The van der Waals surface area contributed by atoms with Crippen molar-refractivity contribution in [1.29, 1.82) is 0 Å². The molecular weight excluding hydrogens is 1340 g/mol. The lowest BCUT2D eigenvalue weighted by atomic mass is 9.33. The number of furan rings is 3. The summed E-state index contributed by atoms with van der Waals surface area (Å²) in [7, 11) is 0. The number of nitrogens with zero attached hydrogens (tertiary/aromatic N) is 2. The maximum atomic E-state index is 7.28. The van der Waals surface area contributed by atoms with E-state index < -0.39 is 6.71 Å². The lowest BCUT2D eigenvalue weighted by Crippen LogP contribution is -2.61. The Bertz CT molecular complexity index is 6830. The van der Waals surface area contributed by atoms with Gasteiger partial charge in [0.25, 0.3) is 6.71 Å². The summed E-state index contributed by atoms with van der Waals surface area (Å²) < 4.78 is 21.7. The zero-order chi connectivity index (χ0) is 73.7. The van der Waals surface area contributed by atoms with Crippen LogP contribution in [0.15, 0.2) is 359 Å². The van der Waals surface area contributed by atoms with Crippen LogP contribution in [0.25, 0.3) is 155 Å². The molecule has 0 fully saturated rings. The highest BCUT2D eigenvalue weighted by Gasteiger charge is 2.47. The molecule has 0 saturated heterocycles. The fourth-order valence-electron chi connectivity index (χ4n) is 17.6. The minimum atomic E-state index is -0.411. The van der Waals surface area contributed by atoms with Gasteiger partial charge in [0.15, 0.2) is 0 Å². The van der Waals surface area contributed by atoms with Gasteiger partial charge in [0.2, 0.25) is 0 Å². The molecule has 2 aliphatic heterocycles. The third-order valence-corrected chi connectivity index (χ3v) is 23.1. The summed E-state index contributed by atoms with van der Waals surface area (Å²) in [5.41, 5.74) is 34.0. The molecular formula is C104H75BN2O3. The Morgan fingerprint density at radius 1 is 0.227 bits per heavy atom. The Balaban J connectivity index is 0.978. The van der Waals surface area contributed by atoms with Gasteiger partial charge in [0.05, 0.1) is 11.4 Å². The van der Waals surface area contributed by atoms with Gasteiger partial charge in [-0.2, -0.15) is 0 Å². The Kier molecular flexibility index (Phi) is 14.8. The quantitative estimate of drug-likeness (QED) is 0.128. The average Bonchev–Trinajstić information content (AvgIpc) is 0.918. The van der Waals surface area contributed by atoms with Crippen LogP contribution in [0.1, 0.15) is 52.7 Å². The third-order valence-electron chi connectivity index (χ3n) is 23.1. The topological polar surface area (TPSA) is 45.9 Å². The second-order valence-corrected chi connectivity index (χ2v) is 31.9. The molecule has 522 valence electrons. The molecule has 19 aromatic rings. The summed E-state index contributed by atoms with van der Waals surface area (Å²) in [6.45, 7) is 13.7. The molecule has 6 heteroatoms. The largest absolute Gasteiger partial charge is 0.456 e. The van der Waals surface area contributed by atoms with E-state index in [4.69, 9.17) is 13.3 Å². The molecule has 0 radical (unpaired) electrons. The molecule has 0 N–H and O–H groups in total. The molecule has 5 nitrogen and oxygen atoms in total. The van der Waals surface area contributed by atoms with Gasteiger partial charge in [-0.05, 0) is 197 Å². The van der Waals surface area contributed by atoms with Gasteiger partial charge in [-0.3, -0.25) is 0 Å². The molecule has 0 unspecified atom stereocenters. The zero-order valence-electron chi connectivity index (χ0n) is 62.1. The van der Waals surface area contributed by atoms with Crippen LogP contribution in [-0.4, -0.2) is 6.71 Å². The average molecular weight is 1410 g/mol. The molecule has 110 heavy (non-hydrogen) atoms. The van der Waals surface area contributed by atoms with Crippen LogP contribution in [-0.2, 0) is 10.8 Å². The van der Waals surface area contributed by atoms with Gasteiger partial charge in [-0.1, -0.05) is 290 Å². The molecule has 0 saturated carbocycles. The van der Waals surface area contributed by atoms with Crippen LogP contribution in [0.5, 0.6) is 0 Å². The first-order valence-corrected chi connectivity index (χ1v) is 38.3. The summed E-state index contributed by atoms with van der Waals surface area (Å²) in [5.74, 6) is 0. The van der Waals surface area contributed by atoms with Crippen molar-refractivity contribution in [3.8, 4) is 89.0 Å². The molecule has 3 aromatic heterocycles. The molecule has 0 bridgehead atoms. The third kappa shape index (κ3) is 10.6. The monoisotopic (exact) mass is 1410 g/mol. The van der Waals surface area contributed by atoms with E-state index in [-0.39, 0.29) is 10.8 Å². The second kappa shape index (κ2) is 25.1. The number of hydrogen-bond donors (Lipinski definition) is 0. The number of benzene rings is 16. The van der Waals surface area contributed by atoms with E-state index in [0.29, 0.717) is 0 Å². The van der Waals surface area contributed by atoms with Crippen molar-refractivity contribution in [2.24, 2.45) is 0 Å². The van der Waals surface area contributed by atoms with E-state index in [1.807, 2.05) is 0 Å². The van der Waals surface area contributed by atoms with Crippen LogP contribution in [0, 0.1) is 0 Å². The van der Waals surface area contributed by atoms with Gasteiger partial charge in [0.1, 0.15) is 33.5 Å². The molecule has 0 atom stereocenters. The predicted octanol–water partition coefficient (Wildman–Crippen LogP) is 27.4. The van der Waals surface area contributed by atoms with E-state index in [9.17, 15) is 0 Å². The minimum Gasteiger partial charge on any atom is -0.456 e. The van der Waals surface area contributed by atoms with Crippen molar-refractivity contribution in [3.05, 3.63) is 357 Å². The first-order valence-electron chi connectivity index (χ1n) is 38.3. The van der Waals surface area contributed by atoms with E-state index in [0.717, 1.165) is 205 Å². The standard InChI is InChI=1S/C104H75BN2O3/c1-103(2,3)75-56-82(67-35-17-10-18-36-67)100(83(57-75)71-40-25-37-68(51-71)64-29-11-7-12-30-64)106-90-60-86-79-44-20-22-48-94(79)108-97(86)62-88(90)105-89-63-98-87(80-45-21-23-49-95(80)109-98)61-91(89)107(93-55-74(54-92(106)99(93)105)77-46-28-47-81-78-43-19-24-50-96(78)110-102(77)81)101-84(72-41-26-38-69(52-72)65-31-13-8-14-32-65)58-76(104(4,5)6)59-85(101)73-42-27-39-70(53-73)66-33-15-9-16-34-66/h7-63H,1-6H3. The highest BCUT2D eigenvalue weighted by molar-refractivity contribution is 7.00. The van der Waals surface area contributed by atoms with Gasteiger partial charge in [-0.25, -0.2) is 0 Å². The fourth-order valence-corrected chi connectivity index (χ4v) is 17.6. The first kappa shape index (κ1) is 64.9. The van der Waals surface area contributed by atoms with Gasteiger partial charge >= 0.3 is 0 Å². The van der Waals surface area contributed by atoms with Crippen LogP contribution >= 0.6 is 0 Å². The lowest BCUT2D eigenvalue weighted by molar-refractivity contribution is 0.590. The van der Waals surface area contributed by atoms with E-state index in [1.54, 1.807) is 0 Å². The normalized spacial score (nSPS) is 12.8. The number of rotatable bonds is 10. The van der Waals surface area contributed by atoms with Crippen LogP contribution in [0.3, 0.4) is 0 Å². The zero-order valence-corrected chi connectivity index (χ0v) is 62.1. The van der Waals surface area contributed by atoms with Crippen LogP contribution in [0.4, 0.5) is 34.1 Å². The van der Waals surface area contributed by atoms with Crippen molar-refractivity contribution in [3.63, 3.8) is 0 Å². The van der Waals surface area contributed by atoms with Crippen LogP contribution < -0.4 is 26.2 Å². The van der Waals surface area contributed by atoms with E-state index >= 15 is 0 Å². The van der Waals surface area contributed by atoms with Crippen LogP contribution in [0.2, 0.25) is 0 Å². The lowest BCUT2D eigenvalue weighted by Gasteiger charge is -2.46. The molecule has 0 amide bonds. The molecule has 2 aliphatic rings. The molecule has 0 spiro atoms. The summed E-state index contributed by atoms with van der Waals surface area (Å²) in [5, 5.41) is 6.29. The molecule has 21 rings (SSSR count). The maximum absolute atomic E-state index is 7.28. The number of hydrogen-bond acceptors (Lipinski definition) is 5. The predicted molar refractivity (Wildman–Crippen MR) is 463 cm³/mol. The Hall–Kier alpha value is -13.4. The summed E-state index contributed by atoms with van der Waals surface area (Å²) >= 11 is 0. The first-order chi connectivity index (χ1) is 53.8. The van der Waals surface area contributed by atoms with E-state index in [2.05, 4.69) is 397 Å². The summed E-state index contributed by atoms with van der Waals surface area (Å²) in [6.07, 6.45) is 0. The molecule has 5 heterocycles. The number of fused-ring (bicyclic) bond motifs is 13. The number of anilines is 6. The Morgan fingerprint density at radius 3 is 0.964 bits per heavy atom. The van der Waals surface area contributed by atoms with Crippen molar-refractivity contribution in [2.75, 3.05) is 9.80 Å². The SMILES string of the molecule is CC(C)(C)c1cc(-c2ccccc2)c(N2c3cc4c(cc3B3c5cc6oc7ccccc7c6cc5N(c5c(-c6cccc(-c7ccccc7)c6)cc(C(C)(C)C)cc5-c5cccc(-c6ccccc6)c5)c5cc(-c6cccc7c6oc6ccccc67)cc2c53)oc2ccccc24)c(-c2cccc(-c3ccccc3)c2)c1. The number of para-hydroxylation sites is 4. The molecule has 16 aromatic carbocycles. The molecule has 0 aliphatic carbocycles. The van der Waals surface area contributed by atoms with Crippen molar-refractivity contribution in [2.45, 2.75) is 52.4 Å².